The number of nitro groups is 1. The molecule has 0 aliphatic heterocycles. The molecule has 0 unspecified atom stereocenters. The van der Waals surface area contributed by atoms with Crippen LogP contribution in [-0.4, -0.2) is 20.7 Å². The summed E-state index contributed by atoms with van der Waals surface area (Å²) in [4.78, 5) is 9.90. The highest BCUT2D eigenvalue weighted by Gasteiger charge is 2.06. The maximum absolute atomic E-state index is 10.6. The Kier molecular flexibility index (Phi) is 3.95. The highest BCUT2D eigenvalue weighted by atomic mass is 16.8. The number of allylic oxidation sites excluding steroid dienone is 6. The number of nitrogens with zero attached hydrogens (tertiary/aromatic N) is 2. The SMILES string of the molecule is O=[N+]([O-])c1ccc(CC=C2C=CC(=[N+]([O-])O)C=C2)cc1. The van der Waals surface area contributed by atoms with Crippen LogP contribution in [0.15, 0.2) is 60.2 Å². The summed E-state index contributed by atoms with van der Waals surface area (Å²) in [5.74, 6) is 0. The molecule has 0 radical (unpaired) electrons. The Balaban J connectivity index is 2.04. The third kappa shape index (κ3) is 3.32. The van der Waals surface area contributed by atoms with E-state index < -0.39 is 4.92 Å². The van der Waals surface area contributed by atoms with Crippen molar-refractivity contribution in [3.8, 4) is 0 Å². The fourth-order valence-corrected chi connectivity index (χ4v) is 1.73. The lowest BCUT2D eigenvalue weighted by molar-refractivity contribution is -0.725. The van der Waals surface area contributed by atoms with Gasteiger partial charge in [-0.3, -0.25) is 15.3 Å². The van der Waals surface area contributed by atoms with E-state index >= 15 is 0 Å². The molecule has 102 valence electrons. The molecule has 0 fully saturated rings. The largest absolute Gasteiger partial charge is 0.417 e. The summed E-state index contributed by atoms with van der Waals surface area (Å²) in [6, 6.07) is 6.34. The third-order valence-electron chi connectivity index (χ3n) is 2.83. The van der Waals surface area contributed by atoms with Crippen LogP contribution in [0.1, 0.15) is 5.56 Å². The monoisotopic (exact) mass is 272 g/mol. The predicted octanol–water partition coefficient (Wildman–Crippen LogP) is 2.53. The van der Waals surface area contributed by atoms with Crippen molar-refractivity contribution in [2.24, 2.45) is 0 Å². The van der Waals surface area contributed by atoms with Crippen molar-refractivity contribution >= 4 is 11.4 Å². The van der Waals surface area contributed by atoms with Crippen LogP contribution in [0.4, 0.5) is 5.69 Å². The Hall–Kier alpha value is -2.89. The first kappa shape index (κ1) is 13.5. The molecule has 0 spiro atoms. The first-order valence-electron chi connectivity index (χ1n) is 5.89. The summed E-state index contributed by atoms with van der Waals surface area (Å²) in [7, 11) is 0. The quantitative estimate of drug-likeness (QED) is 0.396. The molecule has 0 aromatic heterocycles. The summed E-state index contributed by atoms with van der Waals surface area (Å²) in [5.41, 5.74) is 2.08. The normalized spacial score (nSPS) is 13.4. The van der Waals surface area contributed by atoms with Gasteiger partial charge in [0.15, 0.2) is 0 Å². The van der Waals surface area contributed by atoms with E-state index in [0.29, 0.717) is 6.42 Å². The number of rotatable bonds is 3. The average Bonchev–Trinajstić information content (AvgIpc) is 2.46. The molecule has 0 saturated carbocycles. The van der Waals surface area contributed by atoms with Crippen LogP contribution < -0.4 is 0 Å². The highest BCUT2D eigenvalue weighted by Crippen LogP contribution is 2.14. The zero-order valence-corrected chi connectivity index (χ0v) is 10.5. The lowest BCUT2D eigenvalue weighted by Crippen LogP contribution is -2.08. The smallest absolute Gasteiger partial charge is 0.269 e. The first-order chi connectivity index (χ1) is 9.56. The minimum absolute atomic E-state index is 0.0663. The zero-order valence-electron chi connectivity index (χ0n) is 10.5. The Morgan fingerprint density at radius 1 is 1.05 bits per heavy atom. The summed E-state index contributed by atoms with van der Waals surface area (Å²) in [6.07, 6.45) is 8.99. The number of nitro benzene ring substituents is 1. The second kappa shape index (κ2) is 5.83. The van der Waals surface area contributed by atoms with Crippen molar-refractivity contribution in [3.63, 3.8) is 0 Å². The summed E-state index contributed by atoms with van der Waals surface area (Å²) in [5, 5.41) is 29.9. The summed E-state index contributed by atoms with van der Waals surface area (Å²) >= 11 is 0. The van der Waals surface area contributed by atoms with Crippen LogP contribution in [0.25, 0.3) is 0 Å². The van der Waals surface area contributed by atoms with Gasteiger partial charge in [0, 0.05) is 29.2 Å². The zero-order chi connectivity index (χ0) is 14.5. The molecule has 0 heterocycles. The predicted molar refractivity (Wildman–Crippen MR) is 73.6 cm³/mol. The minimum atomic E-state index is -0.435. The standard InChI is InChI=1S/C14H12N2O4/c17-15(18)13-7-3-11(4-8-13)1-2-12-5-9-14(10-6-12)16(19)20/h1,3-10H,2H2,(H,17,18). The second-order valence-electron chi connectivity index (χ2n) is 4.20. The van der Waals surface area contributed by atoms with E-state index in [1.54, 1.807) is 24.3 Å². The molecule has 0 amide bonds. The fourth-order valence-electron chi connectivity index (χ4n) is 1.73. The van der Waals surface area contributed by atoms with E-state index in [0.717, 1.165) is 11.1 Å². The lowest BCUT2D eigenvalue weighted by atomic mass is 10.0. The fraction of sp³-hybridized carbons (Fsp3) is 0.0714. The minimum Gasteiger partial charge on any atom is -0.417 e. The van der Waals surface area contributed by atoms with Gasteiger partial charge in [0.25, 0.3) is 11.4 Å². The molecule has 0 saturated heterocycles. The molecular weight excluding hydrogens is 260 g/mol. The molecule has 6 heteroatoms. The maximum atomic E-state index is 10.6. The van der Waals surface area contributed by atoms with Gasteiger partial charge in [-0.1, -0.05) is 18.2 Å². The van der Waals surface area contributed by atoms with Gasteiger partial charge in [-0.15, -0.1) is 0 Å². The van der Waals surface area contributed by atoms with Gasteiger partial charge in [-0.25, -0.2) is 0 Å². The van der Waals surface area contributed by atoms with Crippen molar-refractivity contribution < 1.29 is 15.0 Å². The van der Waals surface area contributed by atoms with Crippen LogP contribution in [-0.2, 0) is 6.42 Å². The van der Waals surface area contributed by atoms with Gasteiger partial charge in [0.1, 0.15) is 0 Å². The van der Waals surface area contributed by atoms with Gasteiger partial charge in [-0.05, 0) is 29.7 Å². The van der Waals surface area contributed by atoms with Gasteiger partial charge < -0.3 is 5.21 Å². The molecule has 1 aromatic carbocycles. The van der Waals surface area contributed by atoms with E-state index in [4.69, 9.17) is 5.21 Å². The third-order valence-corrected chi connectivity index (χ3v) is 2.83. The molecule has 1 aromatic rings. The Morgan fingerprint density at radius 3 is 2.15 bits per heavy atom. The molecule has 1 aliphatic rings. The molecule has 1 aliphatic carbocycles. The molecule has 20 heavy (non-hydrogen) atoms. The second-order valence-corrected chi connectivity index (χ2v) is 4.20. The summed E-state index contributed by atoms with van der Waals surface area (Å²) < 4.78 is 0. The number of hydrogen-bond acceptors (Lipinski definition) is 4. The molecular formula is C14H12N2O4. The van der Waals surface area contributed by atoms with E-state index in [-0.39, 0.29) is 16.3 Å². The van der Waals surface area contributed by atoms with Crippen molar-refractivity contribution in [2.75, 3.05) is 0 Å². The Morgan fingerprint density at radius 2 is 1.65 bits per heavy atom. The molecule has 0 atom stereocenters. The average molecular weight is 272 g/mol. The highest BCUT2D eigenvalue weighted by molar-refractivity contribution is 6.02. The van der Waals surface area contributed by atoms with E-state index in [2.05, 4.69) is 0 Å². The first-order valence-corrected chi connectivity index (χ1v) is 5.89. The van der Waals surface area contributed by atoms with E-state index in [1.165, 1.54) is 24.3 Å². The van der Waals surface area contributed by atoms with Crippen LogP contribution in [0, 0.1) is 15.3 Å². The van der Waals surface area contributed by atoms with Crippen LogP contribution >= 0.6 is 0 Å². The van der Waals surface area contributed by atoms with Gasteiger partial charge >= 0.3 is 0 Å². The summed E-state index contributed by atoms with van der Waals surface area (Å²) in [6.45, 7) is 0. The Bertz CT molecular complexity index is 618. The van der Waals surface area contributed by atoms with Crippen molar-refractivity contribution in [3.05, 3.63) is 81.1 Å². The number of hydrogen-bond donors (Lipinski definition) is 1. The van der Waals surface area contributed by atoms with Crippen LogP contribution in [0.3, 0.4) is 0 Å². The van der Waals surface area contributed by atoms with E-state index in [9.17, 15) is 15.3 Å². The molecule has 2 rings (SSSR count). The van der Waals surface area contributed by atoms with Gasteiger partial charge in [0.2, 0.25) is 0 Å². The number of benzene rings is 1. The maximum Gasteiger partial charge on any atom is 0.269 e. The molecule has 0 bridgehead atoms. The van der Waals surface area contributed by atoms with Crippen LogP contribution in [0.5, 0.6) is 0 Å². The van der Waals surface area contributed by atoms with Crippen molar-refractivity contribution in [1.29, 1.82) is 0 Å². The lowest BCUT2D eigenvalue weighted by Gasteiger charge is -2.01. The van der Waals surface area contributed by atoms with Gasteiger partial charge in [-0.2, -0.15) is 0 Å². The number of non-ortho nitro benzene ring substituents is 1. The Labute approximate surface area is 115 Å². The van der Waals surface area contributed by atoms with Gasteiger partial charge in [0.05, 0.1) is 4.92 Å². The van der Waals surface area contributed by atoms with E-state index in [1.807, 2.05) is 6.08 Å². The topological polar surface area (TPSA) is 89.4 Å². The molecule has 6 nitrogen and oxygen atoms in total. The van der Waals surface area contributed by atoms with Crippen LogP contribution in [0.2, 0.25) is 0 Å². The molecule has 1 N–H and O–H groups in total. The van der Waals surface area contributed by atoms with Crippen molar-refractivity contribution in [2.45, 2.75) is 6.42 Å². The van der Waals surface area contributed by atoms with Crippen molar-refractivity contribution in [1.82, 2.24) is 0 Å².